The van der Waals surface area contributed by atoms with Crippen LogP contribution in [0, 0.1) is 0 Å². The summed E-state index contributed by atoms with van der Waals surface area (Å²) in [6, 6.07) is 8.27. The summed E-state index contributed by atoms with van der Waals surface area (Å²) in [5, 5.41) is 3.72. The van der Waals surface area contributed by atoms with Crippen LogP contribution in [0.1, 0.15) is 53.3 Å². The predicted octanol–water partition coefficient (Wildman–Crippen LogP) is 2.71. The number of fused-ring (bicyclic) bond motifs is 1. The van der Waals surface area contributed by atoms with Crippen molar-refractivity contribution in [1.82, 2.24) is 10.1 Å². The summed E-state index contributed by atoms with van der Waals surface area (Å²) in [6.45, 7) is 2.05. The van der Waals surface area contributed by atoms with Gasteiger partial charge in [-0.25, -0.2) is 4.79 Å². The van der Waals surface area contributed by atoms with Gasteiger partial charge in [0.1, 0.15) is 0 Å². The van der Waals surface area contributed by atoms with Crippen molar-refractivity contribution in [3.63, 3.8) is 0 Å². The molecule has 3 rings (SSSR count). The van der Waals surface area contributed by atoms with E-state index in [1.54, 1.807) is 6.92 Å². The predicted molar refractivity (Wildman–Crippen MR) is 71.5 cm³/mol. The third-order valence-corrected chi connectivity index (χ3v) is 3.57. The van der Waals surface area contributed by atoms with Gasteiger partial charge in [-0.15, -0.1) is 0 Å². The molecule has 1 aromatic carbocycles. The largest absolute Gasteiger partial charge is 0.460 e. The van der Waals surface area contributed by atoms with E-state index in [1.807, 2.05) is 12.1 Å². The van der Waals surface area contributed by atoms with Crippen molar-refractivity contribution in [2.24, 2.45) is 0 Å². The molecule has 1 atom stereocenters. The molecule has 0 amide bonds. The average molecular weight is 272 g/mol. The molecule has 20 heavy (non-hydrogen) atoms. The Bertz CT molecular complexity index is 621. The number of aromatic nitrogens is 2. The van der Waals surface area contributed by atoms with E-state index in [2.05, 4.69) is 22.3 Å². The minimum absolute atomic E-state index is 0.00454. The molecule has 5 nitrogen and oxygen atoms in total. The van der Waals surface area contributed by atoms with E-state index in [9.17, 15) is 4.79 Å². The van der Waals surface area contributed by atoms with Crippen molar-refractivity contribution in [3.8, 4) is 0 Å². The maximum Gasteiger partial charge on any atom is 0.379 e. The van der Waals surface area contributed by atoms with Gasteiger partial charge in [-0.05, 0) is 42.5 Å². The molecule has 1 heterocycles. The number of hydrogen-bond donors (Lipinski definition) is 0. The first-order chi connectivity index (χ1) is 9.79. The fourth-order valence-electron chi connectivity index (χ4n) is 2.67. The van der Waals surface area contributed by atoms with Crippen LogP contribution in [0.25, 0.3) is 0 Å². The van der Waals surface area contributed by atoms with Crippen LogP contribution in [0.3, 0.4) is 0 Å². The van der Waals surface area contributed by atoms with Crippen molar-refractivity contribution in [2.45, 2.75) is 32.1 Å². The third-order valence-electron chi connectivity index (χ3n) is 3.57. The number of ether oxygens (including phenoxy) is 1. The Labute approximate surface area is 116 Å². The molecule has 5 heteroatoms. The number of nitrogens with zero attached hydrogens (tertiary/aromatic N) is 2. The van der Waals surface area contributed by atoms with Crippen LogP contribution < -0.4 is 0 Å². The van der Waals surface area contributed by atoms with Gasteiger partial charge in [-0.1, -0.05) is 24.3 Å². The number of hydrogen-bond acceptors (Lipinski definition) is 5. The van der Waals surface area contributed by atoms with E-state index in [-0.39, 0.29) is 11.7 Å². The van der Waals surface area contributed by atoms with Gasteiger partial charge in [-0.2, -0.15) is 4.98 Å². The zero-order valence-corrected chi connectivity index (χ0v) is 11.3. The highest BCUT2D eigenvalue weighted by Gasteiger charge is 2.27. The van der Waals surface area contributed by atoms with Gasteiger partial charge in [0, 0.05) is 0 Å². The molecule has 0 saturated heterocycles. The van der Waals surface area contributed by atoms with Crippen LogP contribution >= 0.6 is 0 Å². The van der Waals surface area contributed by atoms with Gasteiger partial charge >= 0.3 is 5.97 Å². The van der Waals surface area contributed by atoms with Crippen LogP contribution in [-0.2, 0) is 11.2 Å². The molecule has 1 aromatic heterocycles. The summed E-state index contributed by atoms with van der Waals surface area (Å²) < 4.78 is 10.1. The fourth-order valence-corrected chi connectivity index (χ4v) is 2.67. The first-order valence-corrected chi connectivity index (χ1v) is 6.88. The van der Waals surface area contributed by atoms with Crippen molar-refractivity contribution < 1.29 is 14.1 Å². The van der Waals surface area contributed by atoms with E-state index in [1.165, 1.54) is 11.1 Å². The van der Waals surface area contributed by atoms with Gasteiger partial charge in [0.25, 0.3) is 5.82 Å². The number of benzene rings is 1. The molecule has 1 aliphatic rings. The summed E-state index contributed by atoms with van der Waals surface area (Å²) in [5.74, 6) is 0.0485. The lowest BCUT2D eigenvalue weighted by Gasteiger charge is -2.22. The van der Waals surface area contributed by atoms with Crippen molar-refractivity contribution >= 4 is 5.97 Å². The normalized spacial score (nSPS) is 17.6. The minimum atomic E-state index is -0.536. The van der Waals surface area contributed by atoms with Gasteiger partial charge in [0.15, 0.2) is 0 Å². The van der Waals surface area contributed by atoms with Gasteiger partial charge in [-0.3, -0.25) is 0 Å². The van der Waals surface area contributed by atoms with Crippen LogP contribution in [0.4, 0.5) is 0 Å². The minimum Gasteiger partial charge on any atom is -0.460 e. The van der Waals surface area contributed by atoms with E-state index in [0.717, 1.165) is 19.3 Å². The summed E-state index contributed by atoms with van der Waals surface area (Å²) in [4.78, 5) is 15.8. The lowest BCUT2D eigenvalue weighted by atomic mass is 9.83. The molecule has 0 fully saturated rings. The first kappa shape index (κ1) is 12.8. The summed E-state index contributed by atoms with van der Waals surface area (Å²) in [6.07, 6.45) is 3.12. The molecule has 1 unspecified atom stereocenters. The quantitative estimate of drug-likeness (QED) is 0.804. The molecule has 0 bridgehead atoms. The third kappa shape index (κ3) is 2.31. The topological polar surface area (TPSA) is 65.2 Å². The van der Waals surface area contributed by atoms with Crippen molar-refractivity contribution in [2.75, 3.05) is 6.61 Å². The van der Waals surface area contributed by atoms with Crippen molar-refractivity contribution in [1.29, 1.82) is 0 Å². The van der Waals surface area contributed by atoms with Gasteiger partial charge in [0.05, 0.1) is 12.5 Å². The second-order valence-electron chi connectivity index (χ2n) is 4.82. The highest BCUT2D eigenvalue weighted by Crippen LogP contribution is 2.35. The Balaban J connectivity index is 1.89. The lowest BCUT2D eigenvalue weighted by Crippen LogP contribution is -2.12. The molecular weight excluding hydrogens is 256 g/mol. The van der Waals surface area contributed by atoms with Gasteiger partial charge in [0.2, 0.25) is 5.89 Å². The Kier molecular flexibility index (Phi) is 3.50. The molecule has 0 radical (unpaired) electrons. The Morgan fingerprint density at radius 1 is 1.45 bits per heavy atom. The second kappa shape index (κ2) is 5.45. The molecule has 2 aromatic rings. The second-order valence-corrected chi connectivity index (χ2v) is 4.82. The molecule has 0 spiro atoms. The number of esters is 1. The maximum absolute atomic E-state index is 11.6. The summed E-state index contributed by atoms with van der Waals surface area (Å²) in [7, 11) is 0. The van der Waals surface area contributed by atoms with E-state index < -0.39 is 5.97 Å². The highest BCUT2D eigenvalue weighted by molar-refractivity contribution is 5.84. The number of rotatable bonds is 3. The highest BCUT2D eigenvalue weighted by atomic mass is 16.5. The zero-order chi connectivity index (χ0) is 13.9. The Morgan fingerprint density at radius 2 is 2.30 bits per heavy atom. The van der Waals surface area contributed by atoms with Crippen LogP contribution in [0.15, 0.2) is 28.8 Å². The number of carbonyl (C=O) groups is 1. The lowest BCUT2D eigenvalue weighted by molar-refractivity contribution is 0.0508. The molecule has 104 valence electrons. The fraction of sp³-hybridized carbons (Fsp3) is 0.400. The molecule has 0 N–H and O–H groups in total. The zero-order valence-electron chi connectivity index (χ0n) is 11.3. The summed E-state index contributed by atoms with van der Waals surface area (Å²) in [5.41, 5.74) is 2.54. The van der Waals surface area contributed by atoms with Crippen LogP contribution in [0.2, 0.25) is 0 Å². The van der Waals surface area contributed by atoms with Crippen LogP contribution in [0.5, 0.6) is 0 Å². The molecule has 0 saturated carbocycles. The standard InChI is InChI=1S/C15H16N2O3/c1-2-19-15(18)13-16-14(20-17-13)12-9-5-7-10-6-3-4-8-11(10)12/h3-4,6,8,12H,2,5,7,9H2,1H3. The number of aryl methyl sites for hydroxylation is 1. The smallest absolute Gasteiger partial charge is 0.379 e. The Hall–Kier alpha value is -2.17. The monoisotopic (exact) mass is 272 g/mol. The van der Waals surface area contributed by atoms with Crippen molar-refractivity contribution in [3.05, 3.63) is 47.1 Å². The molecular formula is C15H16N2O3. The maximum atomic E-state index is 11.6. The van der Waals surface area contributed by atoms with E-state index >= 15 is 0 Å². The molecule has 1 aliphatic carbocycles. The first-order valence-electron chi connectivity index (χ1n) is 6.88. The SMILES string of the molecule is CCOC(=O)c1noc(C2CCCc3ccccc32)n1. The molecule has 0 aliphatic heterocycles. The summed E-state index contributed by atoms with van der Waals surface area (Å²) >= 11 is 0. The van der Waals surface area contributed by atoms with Crippen LogP contribution in [-0.4, -0.2) is 22.7 Å². The van der Waals surface area contributed by atoms with E-state index in [0.29, 0.717) is 12.5 Å². The average Bonchev–Trinajstić information content (AvgIpc) is 2.97. The van der Waals surface area contributed by atoms with E-state index in [4.69, 9.17) is 9.26 Å². The Morgan fingerprint density at radius 3 is 3.15 bits per heavy atom. The number of carbonyl (C=O) groups excluding carboxylic acids is 1. The van der Waals surface area contributed by atoms with Gasteiger partial charge < -0.3 is 9.26 Å².